The van der Waals surface area contributed by atoms with E-state index in [1.165, 1.54) is 0 Å². The third-order valence-electron chi connectivity index (χ3n) is 1.78. The lowest BCUT2D eigenvalue weighted by atomic mass is 10.2. The lowest BCUT2D eigenvalue weighted by Crippen LogP contribution is -2.11. The van der Waals surface area contributed by atoms with Crippen molar-refractivity contribution >= 4 is 28.6 Å². The van der Waals surface area contributed by atoms with Gasteiger partial charge in [0.1, 0.15) is 5.17 Å². The summed E-state index contributed by atoms with van der Waals surface area (Å²) in [5, 5.41) is 6.22. The van der Waals surface area contributed by atoms with Crippen molar-refractivity contribution in [3.05, 3.63) is 29.8 Å². The molecule has 1 rings (SSSR count). The molecular formula is C11H13ClN2O2. The van der Waals surface area contributed by atoms with Crippen molar-refractivity contribution in [2.45, 2.75) is 20.3 Å². The van der Waals surface area contributed by atoms with Gasteiger partial charge in [-0.3, -0.25) is 10.2 Å². The summed E-state index contributed by atoms with van der Waals surface area (Å²) in [6.45, 7) is 3.75. The van der Waals surface area contributed by atoms with Gasteiger partial charge in [-0.15, -0.1) is 0 Å². The number of carbonyl (C=O) groups is 1. The fourth-order valence-corrected chi connectivity index (χ4v) is 1.05. The molecule has 0 bridgehead atoms. The molecule has 1 amide bonds. The van der Waals surface area contributed by atoms with Gasteiger partial charge in [-0.1, -0.05) is 35.8 Å². The summed E-state index contributed by atoms with van der Waals surface area (Å²) < 4.78 is 0. The first-order valence-electron chi connectivity index (χ1n) is 4.89. The first kappa shape index (κ1) is 12.5. The standard InChI is InChI=1S/C11H13ClN2O2/c1-3-10(12)14-16-11(15)13-9-6-4-5-8(2)7-9/h4-7H,3H2,1-2H3,(H,13,15). The highest BCUT2D eigenvalue weighted by Crippen LogP contribution is 2.09. The van der Waals surface area contributed by atoms with Crippen LogP contribution in [0.5, 0.6) is 0 Å². The fraction of sp³-hybridized carbons (Fsp3) is 0.273. The van der Waals surface area contributed by atoms with E-state index in [1.807, 2.05) is 32.0 Å². The van der Waals surface area contributed by atoms with Crippen LogP contribution in [0.15, 0.2) is 29.4 Å². The molecule has 0 saturated heterocycles. The van der Waals surface area contributed by atoms with Crippen LogP contribution in [-0.4, -0.2) is 11.3 Å². The molecule has 4 nitrogen and oxygen atoms in total. The van der Waals surface area contributed by atoms with Gasteiger partial charge in [0.15, 0.2) is 0 Å². The molecule has 0 saturated carbocycles. The van der Waals surface area contributed by atoms with E-state index < -0.39 is 6.09 Å². The zero-order valence-corrected chi connectivity index (χ0v) is 9.91. The Hall–Kier alpha value is -1.55. The zero-order chi connectivity index (χ0) is 12.0. The smallest absolute Gasteiger partial charge is 0.297 e. The Bertz CT molecular complexity index is 405. The highest BCUT2D eigenvalue weighted by molar-refractivity contribution is 6.65. The quantitative estimate of drug-likeness (QED) is 0.499. The SMILES string of the molecule is CCC(Cl)=NOC(=O)Nc1cccc(C)c1. The first-order chi connectivity index (χ1) is 7.61. The Morgan fingerprint density at radius 1 is 1.56 bits per heavy atom. The second kappa shape index (κ2) is 6.12. The average molecular weight is 241 g/mol. The summed E-state index contributed by atoms with van der Waals surface area (Å²) in [6, 6.07) is 7.36. The van der Waals surface area contributed by atoms with Crippen LogP contribution >= 0.6 is 11.6 Å². The van der Waals surface area contributed by atoms with Gasteiger partial charge < -0.3 is 0 Å². The zero-order valence-electron chi connectivity index (χ0n) is 9.16. The maximum absolute atomic E-state index is 11.2. The Kier molecular flexibility index (Phi) is 4.79. The van der Waals surface area contributed by atoms with Crippen LogP contribution < -0.4 is 5.32 Å². The fourth-order valence-electron chi connectivity index (χ4n) is 1.02. The van der Waals surface area contributed by atoms with E-state index in [1.54, 1.807) is 6.07 Å². The Morgan fingerprint density at radius 3 is 2.94 bits per heavy atom. The number of nitrogens with zero attached hydrogens (tertiary/aromatic N) is 1. The molecule has 0 unspecified atom stereocenters. The lowest BCUT2D eigenvalue weighted by molar-refractivity contribution is 0.166. The minimum atomic E-state index is -0.655. The number of carbonyl (C=O) groups excluding carboxylic acids is 1. The van der Waals surface area contributed by atoms with Gasteiger partial charge in [-0.2, -0.15) is 0 Å². The molecule has 0 aliphatic heterocycles. The van der Waals surface area contributed by atoms with Crippen LogP contribution in [0.4, 0.5) is 10.5 Å². The molecule has 0 aromatic heterocycles. The summed E-state index contributed by atoms with van der Waals surface area (Å²) in [7, 11) is 0. The maximum atomic E-state index is 11.2. The van der Waals surface area contributed by atoms with Crippen molar-refractivity contribution in [3.63, 3.8) is 0 Å². The summed E-state index contributed by atoms with van der Waals surface area (Å²) in [5.41, 5.74) is 1.71. The van der Waals surface area contributed by atoms with Crippen molar-refractivity contribution in [1.82, 2.24) is 0 Å². The number of aryl methyl sites for hydroxylation is 1. The van der Waals surface area contributed by atoms with E-state index in [9.17, 15) is 4.79 Å². The van der Waals surface area contributed by atoms with E-state index in [0.29, 0.717) is 12.1 Å². The molecule has 5 heteroatoms. The van der Waals surface area contributed by atoms with Gasteiger partial charge in [-0.25, -0.2) is 4.79 Å². The number of hydrogen-bond acceptors (Lipinski definition) is 3. The van der Waals surface area contributed by atoms with Crippen LogP contribution in [0.1, 0.15) is 18.9 Å². The van der Waals surface area contributed by atoms with Crippen molar-refractivity contribution in [2.75, 3.05) is 5.32 Å². The normalized spacial score (nSPS) is 11.1. The Balaban J connectivity index is 2.52. The number of amides is 1. The second-order valence-corrected chi connectivity index (χ2v) is 3.63. The molecule has 0 radical (unpaired) electrons. The Morgan fingerprint density at radius 2 is 2.31 bits per heavy atom. The van der Waals surface area contributed by atoms with Crippen LogP contribution in [0, 0.1) is 6.92 Å². The third-order valence-corrected chi connectivity index (χ3v) is 2.12. The number of halogens is 1. The predicted molar refractivity (Wildman–Crippen MR) is 64.9 cm³/mol. The van der Waals surface area contributed by atoms with Gasteiger partial charge in [-0.05, 0) is 24.6 Å². The molecule has 1 aromatic rings. The van der Waals surface area contributed by atoms with Crippen LogP contribution in [0.2, 0.25) is 0 Å². The van der Waals surface area contributed by atoms with E-state index in [0.717, 1.165) is 5.56 Å². The van der Waals surface area contributed by atoms with Gasteiger partial charge in [0, 0.05) is 12.1 Å². The maximum Gasteiger partial charge on any atom is 0.437 e. The van der Waals surface area contributed by atoms with Crippen LogP contribution in [0.3, 0.4) is 0 Å². The predicted octanol–water partition coefficient (Wildman–Crippen LogP) is 3.51. The third kappa shape index (κ3) is 4.31. The van der Waals surface area contributed by atoms with Crippen molar-refractivity contribution in [2.24, 2.45) is 5.16 Å². The summed E-state index contributed by atoms with van der Waals surface area (Å²) in [5.74, 6) is 0. The highest BCUT2D eigenvalue weighted by Gasteiger charge is 2.03. The number of nitrogens with one attached hydrogen (secondary N) is 1. The minimum absolute atomic E-state index is 0.249. The number of hydrogen-bond donors (Lipinski definition) is 1. The molecule has 0 spiro atoms. The monoisotopic (exact) mass is 240 g/mol. The van der Waals surface area contributed by atoms with E-state index in [4.69, 9.17) is 11.6 Å². The van der Waals surface area contributed by atoms with Gasteiger partial charge in [0.25, 0.3) is 0 Å². The van der Waals surface area contributed by atoms with Crippen molar-refractivity contribution in [1.29, 1.82) is 0 Å². The molecule has 0 aliphatic rings. The lowest BCUT2D eigenvalue weighted by Gasteiger charge is -2.03. The molecule has 86 valence electrons. The number of anilines is 1. The molecule has 1 aromatic carbocycles. The molecule has 0 heterocycles. The molecule has 16 heavy (non-hydrogen) atoms. The first-order valence-corrected chi connectivity index (χ1v) is 5.26. The summed E-state index contributed by atoms with van der Waals surface area (Å²) in [6.07, 6.45) is -0.128. The van der Waals surface area contributed by atoms with Crippen LogP contribution in [0.25, 0.3) is 0 Å². The van der Waals surface area contributed by atoms with Gasteiger partial charge in [0.2, 0.25) is 0 Å². The van der Waals surface area contributed by atoms with Crippen molar-refractivity contribution in [3.8, 4) is 0 Å². The van der Waals surface area contributed by atoms with E-state index in [-0.39, 0.29) is 5.17 Å². The molecular weight excluding hydrogens is 228 g/mol. The van der Waals surface area contributed by atoms with Gasteiger partial charge >= 0.3 is 6.09 Å². The molecule has 0 aliphatic carbocycles. The number of benzene rings is 1. The summed E-state index contributed by atoms with van der Waals surface area (Å²) >= 11 is 5.58. The topological polar surface area (TPSA) is 50.7 Å². The average Bonchev–Trinajstić information content (AvgIpc) is 2.26. The number of rotatable bonds is 3. The summed E-state index contributed by atoms with van der Waals surface area (Å²) in [4.78, 5) is 15.8. The molecule has 1 N–H and O–H groups in total. The largest absolute Gasteiger partial charge is 0.437 e. The molecule has 0 atom stereocenters. The van der Waals surface area contributed by atoms with E-state index in [2.05, 4.69) is 15.3 Å². The second-order valence-electron chi connectivity index (χ2n) is 3.19. The molecule has 0 fully saturated rings. The Labute approximate surface area is 99.2 Å². The van der Waals surface area contributed by atoms with Crippen molar-refractivity contribution < 1.29 is 9.63 Å². The number of oxime groups is 1. The van der Waals surface area contributed by atoms with E-state index >= 15 is 0 Å². The highest BCUT2D eigenvalue weighted by atomic mass is 35.5. The minimum Gasteiger partial charge on any atom is -0.297 e. The van der Waals surface area contributed by atoms with Crippen LogP contribution in [-0.2, 0) is 4.84 Å². The van der Waals surface area contributed by atoms with Gasteiger partial charge in [0.05, 0.1) is 0 Å².